The number of ether oxygens (including phenoxy) is 1. The van der Waals surface area contributed by atoms with Crippen molar-refractivity contribution in [1.29, 1.82) is 0 Å². The zero-order valence-corrected chi connectivity index (χ0v) is 17.1. The first-order valence-corrected chi connectivity index (χ1v) is 10.4. The lowest BCUT2D eigenvalue weighted by Gasteiger charge is -2.19. The molecule has 6 heteroatoms. The van der Waals surface area contributed by atoms with Crippen LogP contribution in [0.3, 0.4) is 0 Å². The highest BCUT2D eigenvalue weighted by atomic mass is 35.5. The maximum absolute atomic E-state index is 13.1. The van der Waals surface area contributed by atoms with Gasteiger partial charge in [-0.15, -0.1) is 0 Å². The van der Waals surface area contributed by atoms with Gasteiger partial charge < -0.3 is 4.74 Å². The number of imide groups is 1. The Bertz CT molecular complexity index is 1090. The Morgan fingerprint density at radius 3 is 2.60 bits per heavy atom. The molecule has 5 nitrogen and oxygen atoms in total. The zero-order valence-electron chi connectivity index (χ0n) is 16.4. The normalized spacial score (nSPS) is 26.7. The van der Waals surface area contributed by atoms with Gasteiger partial charge in [0.1, 0.15) is 5.75 Å². The number of allylic oxidation sites excluding steroid dienone is 2. The fourth-order valence-electron chi connectivity index (χ4n) is 5.11. The molecule has 4 atom stereocenters. The van der Waals surface area contributed by atoms with Crippen molar-refractivity contribution in [2.24, 2.45) is 23.7 Å². The summed E-state index contributed by atoms with van der Waals surface area (Å²) in [6.45, 7) is 1.90. The van der Waals surface area contributed by atoms with Gasteiger partial charge in [0.05, 0.1) is 17.5 Å². The largest absolute Gasteiger partial charge is 0.485 e. The molecular formula is C24H20ClNO4. The number of amides is 2. The Hall–Kier alpha value is -2.92. The van der Waals surface area contributed by atoms with E-state index in [1.807, 2.05) is 6.92 Å². The van der Waals surface area contributed by atoms with Crippen molar-refractivity contribution in [3.8, 4) is 5.75 Å². The fraction of sp³-hybridized carbons (Fsp3) is 0.292. The summed E-state index contributed by atoms with van der Waals surface area (Å²) in [7, 11) is 0. The number of Topliss-reactive ketones (excluding diaryl/α,β-unsaturated/α-hetero) is 1. The molecule has 1 heterocycles. The van der Waals surface area contributed by atoms with E-state index in [9.17, 15) is 14.4 Å². The number of benzene rings is 2. The van der Waals surface area contributed by atoms with E-state index < -0.39 is 0 Å². The number of ketones is 1. The first-order valence-electron chi connectivity index (χ1n) is 10.0. The molecular weight excluding hydrogens is 402 g/mol. The standard InChI is InChI=1S/C24H20ClNO4/c1-13-9-15-10-19(13)22-21(15)23(28)26(24(22)29)17-3-2-4-18(11-17)30-12-20(27)14-5-7-16(25)8-6-14/h2-9,11,15,19,21-22H,10,12H2,1H3/t15-,19+,21+,22-/m0/s1. The van der Waals surface area contributed by atoms with Crippen molar-refractivity contribution < 1.29 is 19.1 Å². The molecule has 2 aromatic rings. The van der Waals surface area contributed by atoms with Crippen LogP contribution in [0.15, 0.2) is 60.2 Å². The quantitative estimate of drug-likeness (QED) is 0.410. The van der Waals surface area contributed by atoms with Crippen LogP contribution in [-0.2, 0) is 9.59 Å². The lowest BCUT2D eigenvalue weighted by Crippen LogP contribution is -2.32. The van der Waals surface area contributed by atoms with Crippen LogP contribution in [0.25, 0.3) is 0 Å². The van der Waals surface area contributed by atoms with Gasteiger partial charge in [0.25, 0.3) is 0 Å². The summed E-state index contributed by atoms with van der Waals surface area (Å²) in [5.41, 5.74) is 2.22. The second-order valence-electron chi connectivity index (χ2n) is 8.20. The molecule has 2 aromatic carbocycles. The van der Waals surface area contributed by atoms with Gasteiger partial charge in [0, 0.05) is 16.7 Å². The third-order valence-electron chi connectivity index (χ3n) is 6.49. The lowest BCUT2D eigenvalue weighted by molar-refractivity contribution is -0.123. The lowest BCUT2D eigenvalue weighted by atomic mass is 9.82. The number of nitrogens with zero attached hydrogens (tertiary/aromatic N) is 1. The molecule has 30 heavy (non-hydrogen) atoms. The Kier molecular flexibility index (Phi) is 4.51. The molecule has 1 saturated carbocycles. The number of halogens is 1. The number of carbonyl (C=O) groups is 3. The molecule has 2 bridgehead atoms. The van der Waals surface area contributed by atoms with Crippen molar-refractivity contribution in [3.05, 3.63) is 70.8 Å². The first kappa shape index (κ1) is 19.1. The SMILES string of the molecule is CC1=C[C@H]2C[C@H]1[C@@H]1C(=O)N(c3cccc(OCC(=O)c4ccc(Cl)cc4)c3)C(=O)[C@@H]12. The second-order valence-corrected chi connectivity index (χ2v) is 8.63. The van der Waals surface area contributed by atoms with Crippen LogP contribution in [0.2, 0.25) is 5.02 Å². The second kappa shape index (κ2) is 7.10. The molecule has 0 radical (unpaired) electrons. The van der Waals surface area contributed by atoms with Crippen LogP contribution in [0, 0.1) is 23.7 Å². The minimum absolute atomic E-state index is 0.126. The number of hydrogen-bond donors (Lipinski definition) is 0. The summed E-state index contributed by atoms with van der Waals surface area (Å²) in [5.74, 6) is -0.153. The number of rotatable bonds is 5. The fourth-order valence-corrected chi connectivity index (χ4v) is 5.24. The Balaban J connectivity index is 1.32. The zero-order chi connectivity index (χ0) is 21.0. The highest BCUT2D eigenvalue weighted by Crippen LogP contribution is 2.55. The van der Waals surface area contributed by atoms with E-state index in [2.05, 4.69) is 6.08 Å². The summed E-state index contributed by atoms with van der Waals surface area (Å²) < 4.78 is 5.65. The summed E-state index contributed by atoms with van der Waals surface area (Å²) in [4.78, 5) is 39.8. The molecule has 0 aromatic heterocycles. The first-order chi connectivity index (χ1) is 14.4. The smallest absolute Gasteiger partial charge is 0.238 e. The van der Waals surface area contributed by atoms with E-state index in [1.54, 1.807) is 48.5 Å². The molecule has 0 unspecified atom stereocenters. The van der Waals surface area contributed by atoms with Crippen molar-refractivity contribution in [2.45, 2.75) is 13.3 Å². The monoisotopic (exact) mass is 421 g/mol. The summed E-state index contributed by atoms with van der Waals surface area (Å²) >= 11 is 5.85. The number of fused-ring (bicyclic) bond motifs is 5. The van der Waals surface area contributed by atoms with Gasteiger partial charge in [-0.25, -0.2) is 4.90 Å². The number of carbonyl (C=O) groups excluding carboxylic acids is 3. The van der Waals surface area contributed by atoms with Gasteiger partial charge in [-0.05, 0) is 61.6 Å². The molecule has 152 valence electrons. The maximum Gasteiger partial charge on any atom is 0.238 e. The van der Waals surface area contributed by atoms with E-state index >= 15 is 0 Å². The van der Waals surface area contributed by atoms with E-state index in [0.717, 1.165) is 6.42 Å². The summed E-state index contributed by atoms with van der Waals surface area (Å²) in [5, 5.41) is 0.559. The van der Waals surface area contributed by atoms with Crippen LogP contribution >= 0.6 is 11.6 Å². The molecule has 5 rings (SSSR count). The van der Waals surface area contributed by atoms with E-state index in [1.165, 1.54) is 10.5 Å². The minimum atomic E-state index is -0.248. The van der Waals surface area contributed by atoms with E-state index in [4.69, 9.17) is 16.3 Å². The predicted octanol–water partition coefficient (Wildman–Crippen LogP) is 4.30. The topological polar surface area (TPSA) is 63.7 Å². The van der Waals surface area contributed by atoms with Gasteiger partial charge >= 0.3 is 0 Å². The minimum Gasteiger partial charge on any atom is -0.485 e. The predicted molar refractivity (Wildman–Crippen MR) is 113 cm³/mol. The molecule has 2 amide bonds. The molecule has 0 spiro atoms. The third-order valence-corrected chi connectivity index (χ3v) is 6.74. The Morgan fingerprint density at radius 1 is 1.10 bits per heavy atom. The highest BCUT2D eigenvalue weighted by molar-refractivity contribution is 6.30. The van der Waals surface area contributed by atoms with Crippen LogP contribution in [0.5, 0.6) is 5.75 Å². The molecule has 1 saturated heterocycles. The maximum atomic E-state index is 13.1. The third kappa shape index (κ3) is 2.96. The number of hydrogen-bond acceptors (Lipinski definition) is 4. The Labute approximate surface area is 179 Å². The molecule has 0 N–H and O–H groups in total. The average Bonchev–Trinajstić information content (AvgIpc) is 3.37. The van der Waals surface area contributed by atoms with Crippen LogP contribution < -0.4 is 9.64 Å². The van der Waals surface area contributed by atoms with Gasteiger partial charge in [-0.1, -0.05) is 29.3 Å². The van der Waals surface area contributed by atoms with Gasteiger partial charge in [0.15, 0.2) is 12.4 Å². The summed E-state index contributed by atoms with van der Waals surface area (Å²) in [6.07, 6.45) is 3.06. The van der Waals surface area contributed by atoms with Crippen molar-refractivity contribution in [1.82, 2.24) is 0 Å². The van der Waals surface area contributed by atoms with Gasteiger partial charge in [0.2, 0.25) is 11.8 Å². The average molecular weight is 422 g/mol. The molecule has 2 fully saturated rings. The van der Waals surface area contributed by atoms with Crippen molar-refractivity contribution in [2.75, 3.05) is 11.5 Å². The summed E-state index contributed by atoms with van der Waals surface area (Å²) in [6, 6.07) is 13.4. The van der Waals surface area contributed by atoms with Crippen LogP contribution in [-0.4, -0.2) is 24.2 Å². The highest BCUT2D eigenvalue weighted by Gasteiger charge is 2.60. The van der Waals surface area contributed by atoms with Crippen LogP contribution in [0.1, 0.15) is 23.7 Å². The van der Waals surface area contributed by atoms with Crippen molar-refractivity contribution in [3.63, 3.8) is 0 Å². The molecule has 1 aliphatic heterocycles. The van der Waals surface area contributed by atoms with E-state index in [0.29, 0.717) is 22.0 Å². The Morgan fingerprint density at radius 2 is 1.83 bits per heavy atom. The van der Waals surface area contributed by atoms with Crippen molar-refractivity contribution >= 4 is 34.9 Å². The van der Waals surface area contributed by atoms with Gasteiger partial charge in [-0.3, -0.25) is 14.4 Å². The van der Waals surface area contributed by atoms with Crippen LogP contribution in [0.4, 0.5) is 5.69 Å². The van der Waals surface area contributed by atoms with E-state index in [-0.39, 0.29) is 47.9 Å². The molecule has 2 aliphatic carbocycles. The van der Waals surface area contributed by atoms with Gasteiger partial charge in [-0.2, -0.15) is 0 Å². The molecule has 3 aliphatic rings. The number of anilines is 1.